The fourth-order valence-corrected chi connectivity index (χ4v) is 5.39. The second-order valence-electron chi connectivity index (χ2n) is 7.03. The molecule has 3 heterocycles. The molecule has 10 heteroatoms. The van der Waals surface area contributed by atoms with Gasteiger partial charge in [0.15, 0.2) is 9.84 Å². The van der Waals surface area contributed by atoms with Crippen LogP contribution in [0.15, 0.2) is 33.5 Å². The van der Waals surface area contributed by atoms with E-state index < -0.39 is 15.6 Å². The van der Waals surface area contributed by atoms with Crippen molar-refractivity contribution in [3.8, 4) is 11.5 Å². The summed E-state index contributed by atoms with van der Waals surface area (Å²) in [7, 11) is -2.89. The van der Waals surface area contributed by atoms with Crippen molar-refractivity contribution in [1.82, 2.24) is 19.6 Å². The number of benzene rings is 1. The van der Waals surface area contributed by atoms with E-state index in [2.05, 4.69) is 14.9 Å². The number of hydrogen-bond acceptors (Lipinski definition) is 7. The Bertz CT molecular complexity index is 962. The van der Waals surface area contributed by atoms with Gasteiger partial charge in [-0.15, -0.1) is 5.10 Å². The molecule has 0 radical (unpaired) electrons. The zero-order valence-electron chi connectivity index (χ0n) is 14.8. The maximum atomic E-state index is 13.0. The largest absolute Gasteiger partial charge is 0.438 e. The molecule has 8 nitrogen and oxygen atoms in total. The van der Waals surface area contributed by atoms with E-state index in [0.717, 1.165) is 26.2 Å². The van der Waals surface area contributed by atoms with Crippen LogP contribution in [-0.4, -0.2) is 71.7 Å². The summed E-state index contributed by atoms with van der Waals surface area (Å²) in [5.41, 5.74) is 0.541. The first-order chi connectivity index (χ1) is 12.9. The van der Waals surface area contributed by atoms with Crippen LogP contribution in [0.2, 0.25) is 0 Å². The summed E-state index contributed by atoms with van der Waals surface area (Å²) in [5.74, 6) is -0.239. The molecule has 27 heavy (non-hydrogen) atoms. The van der Waals surface area contributed by atoms with Crippen molar-refractivity contribution in [2.24, 2.45) is 0 Å². The van der Waals surface area contributed by atoms with Crippen LogP contribution < -0.4 is 5.76 Å². The molecule has 0 aliphatic carbocycles. The average molecular weight is 396 g/mol. The van der Waals surface area contributed by atoms with E-state index in [0.29, 0.717) is 18.7 Å². The molecule has 0 amide bonds. The molecular formula is C17H21FN4O4S. The quantitative estimate of drug-likeness (QED) is 0.739. The predicted octanol–water partition coefficient (Wildman–Crippen LogP) is 0.405. The van der Waals surface area contributed by atoms with Crippen LogP contribution in [0.1, 0.15) is 6.42 Å². The lowest BCUT2D eigenvalue weighted by Gasteiger charge is -2.37. The third-order valence-corrected chi connectivity index (χ3v) is 6.91. The number of piperazine rings is 1. The van der Waals surface area contributed by atoms with E-state index in [4.69, 9.17) is 4.42 Å². The van der Waals surface area contributed by atoms with Gasteiger partial charge in [0.05, 0.1) is 11.5 Å². The molecule has 0 spiro atoms. The van der Waals surface area contributed by atoms with Crippen molar-refractivity contribution in [1.29, 1.82) is 0 Å². The van der Waals surface area contributed by atoms with E-state index in [1.54, 1.807) is 0 Å². The Kier molecular flexibility index (Phi) is 4.87. The topological polar surface area (TPSA) is 88.7 Å². The van der Waals surface area contributed by atoms with Gasteiger partial charge in [0.25, 0.3) is 0 Å². The minimum Gasteiger partial charge on any atom is -0.388 e. The van der Waals surface area contributed by atoms with Crippen LogP contribution in [0.5, 0.6) is 0 Å². The predicted molar refractivity (Wildman–Crippen MR) is 96.4 cm³/mol. The zero-order valence-corrected chi connectivity index (χ0v) is 15.6. The maximum absolute atomic E-state index is 13.0. The third kappa shape index (κ3) is 4.12. The number of sulfone groups is 1. The van der Waals surface area contributed by atoms with Crippen molar-refractivity contribution in [3.05, 3.63) is 40.6 Å². The summed E-state index contributed by atoms with van der Waals surface area (Å²) in [6.07, 6.45) is 0.701. The van der Waals surface area contributed by atoms with Crippen LogP contribution in [-0.2, 0) is 16.5 Å². The number of nitrogens with zero attached hydrogens (tertiary/aromatic N) is 4. The fourth-order valence-electron chi connectivity index (χ4n) is 3.63. The average Bonchev–Trinajstić information content (AvgIpc) is 3.19. The number of rotatable bonds is 4. The summed E-state index contributed by atoms with van der Waals surface area (Å²) >= 11 is 0. The molecule has 146 valence electrons. The lowest BCUT2D eigenvalue weighted by Crippen LogP contribution is -2.51. The van der Waals surface area contributed by atoms with E-state index in [-0.39, 0.29) is 29.3 Å². The molecule has 2 fully saturated rings. The number of aromatic nitrogens is 2. The highest BCUT2D eigenvalue weighted by Crippen LogP contribution is 2.20. The van der Waals surface area contributed by atoms with E-state index >= 15 is 0 Å². The third-order valence-electron chi connectivity index (χ3n) is 5.16. The first kappa shape index (κ1) is 18.3. The van der Waals surface area contributed by atoms with Crippen molar-refractivity contribution < 1.29 is 17.2 Å². The number of hydrogen-bond donors (Lipinski definition) is 0. The molecule has 0 bridgehead atoms. The van der Waals surface area contributed by atoms with Gasteiger partial charge < -0.3 is 4.42 Å². The van der Waals surface area contributed by atoms with Crippen LogP contribution in [0.25, 0.3) is 11.5 Å². The Balaban J connectivity index is 1.37. The van der Waals surface area contributed by atoms with Gasteiger partial charge in [-0.1, -0.05) is 0 Å². The fraction of sp³-hybridized carbons (Fsp3) is 0.529. The minimum atomic E-state index is -2.89. The zero-order chi connectivity index (χ0) is 19.0. The highest BCUT2D eigenvalue weighted by molar-refractivity contribution is 7.91. The Morgan fingerprint density at radius 2 is 1.85 bits per heavy atom. The molecule has 2 aliphatic rings. The highest BCUT2D eigenvalue weighted by atomic mass is 32.2. The van der Waals surface area contributed by atoms with Crippen LogP contribution in [0.4, 0.5) is 4.39 Å². The normalized spacial score (nSPS) is 23.7. The standard InChI is InChI=1S/C17H21FN4O4S/c18-14-3-1-13(2-4-14)16-19-22(17(23)26-16)12-20-6-8-21(9-7-20)15-5-10-27(24,25)11-15/h1-4,15H,5-12H2/t15-/m0/s1. The van der Waals surface area contributed by atoms with Gasteiger partial charge in [-0.25, -0.2) is 17.6 Å². The Morgan fingerprint density at radius 3 is 2.48 bits per heavy atom. The molecule has 0 saturated carbocycles. The van der Waals surface area contributed by atoms with Gasteiger partial charge in [-0.05, 0) is 30.7 Å². The molecule has 0 unspecified atom stereocenters. The monoisotopic (exact) mass is 396 g/mol. The SMILES string of the molecule is O=c1oc(-c2ccc(F)cc2)nn1CN1CCN([C@H]2CCS(=O)(=O)C2)CC1. The molecule has 4 rings (SSSR count). The molecule has 2 aromatic rings. The number of halogens is 1. The van der Waals surface area contributed by atoms with E-state index in [1.165, 1.54) is 28.9 Å². The second-order valence-corrected chi connectivity index (χ2v) is 9.26. The smallest absolute Gasteiger partial charge is 0.388 e. The maximum Gasteiger partial charge on any atom is 0.438 e. The van der Waals surface area contributed by atoms with Gasteiger partial charge >= 0.3 is 5.76 Å². The minimum absolute atomic E-state index is 0.108. The van der Waals surface area contributed by atoms with Gasteiger partial charge in [0, 0.05) is 37.8 Å². The lowest BCUT2D eigenvalue weighted by atomic mass is 10.2. The molecule has 2 saturated heterocycles. The molecule has 1 aromatic carbocycles. The summed E-state index contributed by atoms with van der Waals surface area (Å²) in [6, 6.07) is 5.71. The lowest BCUT2D eigenvalue weighted by molar-refractivity contribution is 0.0795. The van der Waals surface area contributed by atoms with E-state index in [1.807, 2.05) is 0 Å². The van der Waals surface area contributed by atoms with Crippen molar-refractivity contribution in [2.75, 3.05) is 37.7 Å². The summed E-state index contributed by atoms with van der Waals surface area (Å²) in [4.78, 5) is 16.4. The van der Waals surface area contributed by atoms with Crippen LogP contribution in [0, 0.1) is 5.82 Å². The van der Waals surface area contributed by atoms with Gasteiger partial charge in [-0.3, -0.25) is 9.80 Å². The highest BCUT2D eigenvalue weighted by Gasteiger charge is 2.33. The van der Waals surface area contributed by atoms with Crippen molar-refractivity contribution in [3.63, 3.8) is 0 Å². The summed E-state index contributed by atoms with van der Waals surface area (Å²) in [5, 5.41) is 4.20. The Hall–Kier alpha value is -2.04. The van der Waals surface area contributed by atoms with Crippen LogP contribution in [0.3, 0.4) is 0 Å². The van der Waals surface area contributed by atoms with Crippen molar-refractivity contribution >= 4 is 9.84 Å². The van der Waals surface area contributed by atoms with Crippen molar-refractivity contribution in [2.45, 2.75) is 19.1 Å². The molecule has 0 N–H and O–H groups in total. The molecular weight excluding hydrogens is 375 g/mol. The molecule has 1 aromatic heterocycles. The molecule has 2 aliphatic heterocycles. The first-order valence-electron chi connectivity index (χ1n) is 8.90. The second kappa shape index (κ2) is 7.17. The van der Waals surface area contributed by atoms with E-state index in [9.17, 15) is 17.6 Å². The first-order valence-corrected chi connectivity index (χ1v) is 10.7. The Morgan fingerprint density at radius 1 is 1.15 bits per heavy atom. The van der Waals surface area contributed by atoms with Gasteiger partial charge in [0.2, 0.25) is 5.89 Å². The van der Waals surface area contributed by atoms with Gasteiger partial charge in [-0.2, -0.15) is 4.68 Å². The summed E-state index contributed by atoms with van der Waals surface area (Å²) < 4.78 is 42.8. The van der Waals surface area contributed by atoms with Crippen LogP contribution >= 0.6 is 0 Å². The Labute approximate surface area is 156 Å². The summed E-state index contributed by atoms with van der Waals surface area (Å²) in [6.45, 7) is 3.28. The van der Waals surface area contributed by atoms with Gasteiger partial charge in [0.1, 0.15) is 12.5 Å². The molecule has 1 atom stereocenters.